The number of sulfonamides is 1. The van der Waals surface area contributed by atoms with E-state index in [1.54, 1.807) is 24.3 Å². The zero-order valence-corrected chi connectivity index (χ0v) is 8.88. The lowest BCUT2D eigenvalue weighted by atomic mass is 10.2. The normalized spacial score (nSPS) is 10.6. The fourth-order valence-corrected chi connectivity index (χ4v) is 1.57. The van der Waals surface area contributed by atoms with Gasteiger partial charge in [0.05, 0.1) is 11.9 Å². The molecule has 74 valence electrons. The maximum absolute atomic E-state index is 11.3. The van der Waals surface area contributed by atoms with Gasteiger partial charge in [-0.1, -0.05) is 18.1 Å². The largest absolute Gasteiger partial charge is 0.272 e. The van der Waals surface area contributed by atoms with Gasteiger partial charge in [-0.05, 0) is 12.1 Å². The first-order chi connectivity index (χ1) is 6.46. The average molecular weight is 209 g/mol. The molecule has 0 bridgehead atoms. The Morgan fingerprint density at radius 2 is 1.93 bits per heavy atom. The fraction of sp³-hybridized carbons (Fsp3) is 0.200. The van der Waals surface area contributed by atoms with Crippen LogP contribution in [0.4, 0.5) is 5.69 Å². The van der Waals surface area contributed by atoms with Crippen LogP contribution in [-0.4, -0.2) is 21.7 Å². The van der Waals surface area contributed by atoms with Gasteiger partial charge in [-0.15, -0.1) is 6.42 Å². The van der Waals surface area contributed by atoms with Crippen molar-refractivity contribution in [3.05, 3.63) is 29.8 Å². The SMILES string of the molecule is C#Cc1ccccc1N(C)S(C)(=O)=O. The number of para-hydroxylation sites is 1. The smallest absolute Gasteiger partial charge is 0.232 e. The molecule has 0 aliphatic rings. The van der Waals surface area contributed by atoms with E-state index in [1.165, 1.54) is 11.4 Å². The molecule has 0 heterocycles. The number of benzene rings is 1. The maximum atomic E-state index is 11.3. The molecular formula is C10H11NO2S. The van der Waals surface area contributed by atoms with E-state index in [9.17, 15) is 8.42 Å². The molecule has 3 nitrogen and oxygen atoms in total. The van der Waals surface area contributed by atoms with Gasteiger partial charge >= 0.3 is 0 Å². The molecule has 0 amide bonds. The molecule has 1 aromatic carbocycles. The molecule has 0 fully saturated rings. The highest BCUT2D eigenvalue weighted by Gasteiger charge is 2.13. The van der Waals surface area contributed by atoms with Crippen molar-refractivity contribution in [3.63, 3.8) is 0 Å². The third-order valence-corrected chi connectivity index (χ3v) is 3.09. The molecule has 0 saturated heterocycles. The van der Waals surface area contributed by atoms with Crippen molar-refractivity contribution in [1.29, 1.82) is 0 Å². The first-order valence-corrected chi connectivity index (χ1v) is 5.81. The standard InChI is InChI=1S/C10H11NO2S/c1-4-9-7-5-6-8-10(9)11(2)14(3,12)13/h1,5-8H,2-3H3. The predicted octanol–water partition coefficient (Wildman–Crippen LogP) is 1.06. The van der Waals surface area contributed by atoms with Crippen molar-refractivity contribution in [1.82, 2.24) is 0 Å². The highest BCUT2D eigenvalue weighted by molar-refractivity contribution is 7.92. The van der Waals surface area contributed by atoms with Gasteiger partial charge in [-0.3, -0.25) is 4.31 Å². The van der Waals surface area contributed by atoms with Crippen LogP contribution in [0.1, 0.15) is 5.56 Å². The van der Waals surface area contributed by atoms with Crippen LogP contribution in [0.15, 0.2) is 24.3 Å². The van der Waals surface area contributed by atoms with Crippen molar-refractivity contribution in [3.8, 4) is 12.3 Å². The highest BCUT2D eigenvalue weighted by atomic mass is 32.2. The summed E-state index contributed by atoms with van der Waals surface area (Å²) < 4.78 is 23.7. The zero-order valence-electron chi connectivity index (χ0n) is 8.06. The van der Waals surface area contributed by atoms with Crippen LogP contribution in [0.3, 0.4) is 0 Å². The summed E-state index contributed by atoms with van der Waals surface area (Å²) in [5, 5.41) is 0. The van der Waals surface area contributed by atoms with Gasteiger partial charge in [0.2, 0.25) is 10.0 Å². The third-order valence-electron chi connectivity index (χ3n) is 1.90. The van der Waals surface area contributed by atoms with Crippen molar-refractivity contribution in [2.75, 3.05) is 17.6 Å². The second kappa shape index (κ2) is 3.72. The Morgan fingerprint density at radius 1 is 1.36 bits per heavy atom. The number of rotatable bonds is 2. The minimum Gasteiger partial charge on any atom is -0.272 e. The minimum absolute atomic E-state index is 0.525. The second-order valence-corrected chi connectivity index (χ2v) is 4.91. The molecule has 1 rings (SSSR count). The summed E-state index contributed by atoms with van der Waals surface area (Å²) >= 11 is 0. The molecule has 0 aliphatic carbocycles. The second-order valence-electron chi connectivity index (χ2n) is 2.89. The van der Waals surface area contributed by atoms with Crippen LogP contribution in [0.5, 0.6) is 0 Å². The van der Waals surface area contributed by atoms with Gasteiger partial charge in [-0.2, -0.15) is 0 Å². The molecule has 14 heavy (non-hydrogen) atoms. The summed E-state index contributed by atoms with van der Waals surface area (Å²) in [7, 11) is -1.77. The van der Waals surface area contributed by atoms with E-state index < -0.39 is 10.0 Å². The quantitative estimate of drug-likeness (QED) is 0.683. The lowest BCUT2D eigenvalue weighted by molar-refractivity contribution is 0.600. The monoisotopic (exact) mass is 209 g/mol. The molecule has 0 saturated carbocycles. The lowest BCUT2D eigenvalue weighted by Crippen LogP contribution is -2.25. The Balaban J connectivity index is 3.28. The molecule has 0 aromatic heterocycles. The Labute approximate surface area is 84.4 Å². The van der Waals surface area contributed by atoms with Crippen LogP contribution in [-0.2, 0) is 10.0 Å². The van der Waals surface area contributed by atoms with Gasteiger partial charge in [0.15, 0.2) is 0 Å². The zero-order chi connectivity index (χ0) is 10.8. The highest BCUT2D eigenvalue weighted by Crippen LogP contribution is 2.19. The number of hydrogen-bond donors (Lipinski definition) is 0. The summed E-state index contributed by atoms with van der Waals surface area (Å²) in [5.74, 6) is 2.44. The van der Waals surface area contributed by atoms with Crippen molar-refractivity contribution < 1.29 is 8.42 Å². The van der Waals surface area contributed by atoms with Crippen LogP contribution in [0.2, 0.25) is 0 Å². The number of terminal acetylenes is 1. The van der Waals surface area contributed by atoms with E-state index in [0.717, 1.165) is 6.26 Å². The van der Waals surface area contributed by atoms with Gasteiger partial charge in [0.25, 0.3) is 0 Å². The predicted molar refractivity (Wildman–Crippen MR) is 57.6 cm³/mol. The fourth-order valence-electron chi connectivity index (χ4n) is 1.05. The van der Waals surface area contributed by atoms with Gasteiger partial charge in [0.1, 0.15) is 0 Å². The van der Waals surface area contributed by atoms with Gasteiger partial charge < -0.3 is 0 Å². The molecular weight excluding hydrogens is 198 g/mol. The van der Waals surface area contributed by atoms with E-state index in [-0.39, 0.29) is 0 Å². The Morgan fingerprint density at radius 3 is 2.43 bits per heavy atom. The number of anilines is 1. The van der Waals surface area contributed by atoms with E-state index in [1.807, 2.05) is 0 Å². The molecule has 0 atom stereocenters. The van der Waals surface area contributed by atoms with Crippen LogP contribution >= 0.6 is 0 Å². The molecule has 0 spiro atoms. The Bertz CT molecular complexity index is 471. The molecule has 0 unspecified atom stereocenters. The van der Waals surface area contributed by atoms with E-state index >= 15 is 0 Å². The lowest BCUT2D eigenvalue weighted by Gasteiger charge is -2.17. The summed E-state index contributed by atoms with van der Waals surface area (Å²) in [6.45, 7) is 0. The van der Waals surface area contributed by atoms with E-state index in [4.69, 9.17) is 6.42 Å². The molecule has 4 heteroatoms. The molecule has 1 aromatic rings. The maximum Gasteiger partial charge on any atom is 0.232 e. The van der Waals surface area contributed by atoms with E-state index in [0.29, 0.717) is 11.3 Å². The van der Waals surface area contributed by atoms with Crippen molar-refractivity contribution in [2.45, 2.75) is 0 Å². The molecule has 0 aliphatic heterocycles. The molecule has 0 N–H and O–H groups in total. The van der Waals surface area contributed by atoms with E-state index in [2.05, 4.69) is 5.92 Å². The van der Waals surface area contributed by atoms with Crippen molar-refractivity contribution in [2.24, 2.45) is 0 Å². The summed E-state index contributed by atoms with van der Waals surface area (Å²) in [6, 6.07) is 6.90. The van der Waals surface area contributed by atoms with Gasteiger partial charge in [-0.25, -0.2) is 8.42 Å². The van der Waals surface area contributed by atoms with Crippen LogP contribution in [0, 0.1) is 12.3 Å². The first-order valence-electron chi connectivity index (χ1n) is 3.96. The van der Waals surface area contributed by atoms with Gasteiger partial charge in [0, 0.05) is 12.6 Å². The number of nitrogens with zero attached hydrogens (tertiary/aromatic N) is 1. The Kier molecular flexibility index (Phi) is 2.82. The minimum atomic E-state index is -3.25. The average Bonchev–Trinajstić information content (AvgIpc) is 2.15. The first kappa shape index (κ1) is 10.6. The topological polar surface area (TPSA) is 37.4 Å². The summed E-state index contributed by atoms with van der Waals surface area (Å²) in [4.78, 5) is 0. The number of hydrogen-bond acceptors (Lipinski definition) is 2. The summed E-state index contributed by atoms with van der Waals surface area (Å²) in [5.41, 5.74) is 1.10. The van der Waals surface area contributed by atoms with Crippen LogP contribution < -0.4 is 4.31 Å². The third kappa shape index (κ3) is 2.06. The summed E-state index contributed by atoms with van der Waals surface area (Å²) in [6.07, 6.45) is 6.40. The van der Waals surface area contributed by atoms with Crippen LogP contribution in [0.25, 0.3) is 0 Å². The molecule has 0 radical (unpaired) electrons. The van der Waals surface area contributed by atoms with Crippen molar-refractivity contribution >= 4 is 15.7 Å². The Hall–Kier alpha value is -1.47.